The fourth-order valence-electron chi connectivity index (χ4n) is 6.71. The highest BCUT2D eigenvalue weighted by Crippen LogP contribution is 2.49. The Hall–Kier alpha value is -5.15. The van der Waals surface area contributed by atoms with E-state index in [1.54, 1.807) is 0 Å². The van der Waals surface area contributed by atoms with Gasteiger partial charge in [0.2, 0.25) is 0 Å². The molecule has 0 atom stereocenters. The topological polar surface area (TPSA) is 26.9 Å². The van der Waals surface area contributed by atoms with Gasteiger partial charge in [0.25, 0.3) is 0 Å². The molecule has 0 spiro atoms. The van der Waals surface area contributed by atoms with Gasteiger partial charge in [-0.2, -0.15) is 0 Å². The predicted octanol–water partition coefficient (Wildman–Crippen LogP) is 9.11. The third-order valence-electron chi connectivity index (χ3n) is 8.71. The van der Waals surface area contributed by atoms with Crippen LogP contribution in [0.4, 0.5) is 0 Å². The number of rotatable bonds is 4. The van der Waals surface area contributed by atoms with Crippen LogP contribution in [0.1, 0.15) is 41.0 Å². The van der Waals surface area contributed by atoms with Crippen LogP contribution in [-0.2, 0) is 5.41 Å². The second-order valence-corrected chi connectivity index (χ2v) is 11.4. The monoisotopic (exact) mass is 528 g/mol. The molecule has 0 unspecified atom stereocenters. The summed E-state index contributed by atoms with van der Waals surface area (Å²) in [5.41, 5.74) is 10.8. The van der Waals surface area contributed by atoms with Crippen LogP contribution < -0.4 is 0 Å². The molecule has 2 aromatic heterocycles. The highest BCUT2D eigenvalue weighted by molar-refractivity contribution is 6.12. The lowest BCUT2D eigenvalue weighted by Crippen LogP contribution is -2.16. The van der Waals surface area contributed by atoms with E-state index in [-0.39, 0.29) is 11.2 Å². The number of ketones is 1. The second-order valence-electron chi connectivity index (χ2n) is 11.4. The van der Waals surface area contributed by atoms with E-state index in [1.165, 1.54) is 38.8 Å². The molecule has 0 N–H and O–H groups in total. The molecule has 0 saturated heterocycles. The van der Waals surface area contributed by atoms with Gasteiger partial charge in [-0.25, -0.2) is 0 Å². The van der Waals surface area contributed by atoms with Gasteiger partial charge in [0.15, 0.2) is 5.78 Å². The van der Waals surface area contributed by atoms with E-state index >= 15 is 0 Å². The van der Waals surface area contributed by atoms with Gasteiger partial charge in [0.1, 0.15) is 0 Å². The standard InChI is InChI=1S/C38H28N2O/c1-38(2)32-13-7-9-15-34(32)39-24-31-30-12-6-8-14-33(30)40(35(31)37(38)39)29-22-20-28(21-23-29)36(41)27-18-16-26(17-19-27)25-10-4-3-5-11-25/h3-24H,1-2H3. The zero-order valence-corrected chi connectivity index (χ0v) is 23.0. The Bertz CT molecular complexity index is 2110. The van der Waals surface area contributed by atoms with Gasteiger partial charge >= 0.3 is 0 Å². The molecule has 0 saturated carbocycles. The van der Waals surface area contributed by atoms with Crippen LogP contribution in [0.25, 0.3) is 44.3 Å². The van der Waals surface area contributed by atoms with Crippen molar-refractivity contribution >= 4 is 27.6 Å². The molecule has 0 bridgehead atoms. The molecular weight excluding hydrogens is 500 g/mol. The summed E-state index contributed by atoms with van der Waals surface area (Å²) in [5, 5.41) is 2.48. The van der Waals surface area contributed by atoms with Gasteiger partial charge in [-0.05, 0) is 53.1 Å². The fraction of sp³-hybridized carbons (Fsp3) is 0.0789. The molecular formula is C38H28N2O. The highest BCUT2D eigenvalue weighted by Gasteiger charge is 2.39. The van der Waals surface area contributed by atoms with Gasteiger partial charge in [0.05, 0.1) is 16.7 Å². The second kappa shape index (κ2) is 8.67. The molecule has 0 amide bonds. The molecule has 3 nitrogen and oxygen atoms in total. The molecule has 0 radical (unpaired) electrons. The minimum atomic E-state index is -0.147. The lowest BCUT2D eigenvalue weighted by molar-refractivity contribution is 0.103. The van der Waals surface area contributed by atoms with Crippen LogP contribution in [0.2, 0.25) is 0 Å². The van der Waals surface area contributed by atoms with E-state index in [4.69, 9.17) is 0 Å². The van der Waals surface area contributed by atoms with Gasteiger partial charge in [-0.1, -0.05) is 105 Å². The van der Waals surface area contributed by atoms with E-state index < -0.39 is 0 Å². The number of para-hydroxylation sites is 2. The maximum absolute atomic E-state index is 13.4. The average molecular weight is 529 g/mol. The summed E-state index contributed by atoms with van der Waals surface area (Å²) in [7, 11) is 0. The van der Waals surface area contributed by atoms with Crippen molar-refractivity contribution in [1.82, 2.24) is 9.13 Å². The van der Waals surface area contributed by atoms with Crippen LogP contribution in [0.3, 0.4) is 0 Å². The average Bonchev–Trinajstić information content (AvgIpc) is 3.63. The summed E-state index contributed by atoms with van der Waals surface area (Å²) >= 11 is 0. The zero-order valence-electron chi connectivity index (χ0n) is 23.0. The number of fused-ring (bicyclic) bond motifs is 7. The Morgan fingerprint density at radius 1 is 0.610 bits per heavy atom. The van der Waals surface area contributed by atoms with Crippen molar-refractivity contribution in [2.75, 3.05) is 0 Å². The van der Waals surface area contributed by atoms with Crippen LogP contribution >= 0.6 is 0 Å². The summed E-state index contributed by atoms with van der Waals surface area (Å²) in [4.78, 5) is 13.4. The molecule has 7 aromatic rings. The Balaban J connectivity index is 1.22. The molecule has 3 heteroatoms. The van der Waals surface area contributed by atoms with Crippen LogP contribution in [-0.4, -0.2) is 14.9 Å². The number of benzene rings is 5. The molecule has 1 aliphatic heterocycles. The minimum Gasteiger partial charge on any atom is -0.317 e. The molecule has 196 valence electrons. The summed E-state index contributed by atoms with van der Waals surface area (Å²) < 4.78 is 4.74. The number of carbonyl (C=O) groups is 1. The van der Waals surface area contributed by atoms with Crippen molar-refractivity contribution in [3.05, 3.63) is 156 Å². The molecule has 0 fully saturated rings. The SMILES string of the molecule is CC1(C)c2ccccc2-n2cc3c4ccccc4n(-c4ccc(C(=O)c5ccc(-c6ccccc6)cc5)cc4)c3c21. The highest BCUT2D eigenvalue weighted by atomic mass is 16.1. The van der Waals surface area contributed by atoms with Gasteiger partial charge in [0, 0.05) is 44.9 Å². The minimum absolute atomic E-state index is 0.0278. The van der Waals surface area contributed by atoms with E-state index in [9.17, 15) is 4.79 Å². The maximum Gasteiger partial charge on any atom is 0.193 e. The number of nitrogens with zero attached hydrogens (tertiary/aromatic N) is 2. The smallest absolute Gasteiger partial charge is 0.193 e. The van der Waals surface area contributed by atoms with Crippen molar-refractivity contribution in [2.24, 2.45) is 0 Å². The van der Waals surface area contributed by atoms with Gasteiger partial charge < -0.3 is 9.13 Å². The van der Waals surface area contributed by atoms with Crippen LogP contribution in [0.15, 0.2) is 134 Å². The first-order chi connectivity index (χ1) is 20.0. The largest absolute Gasteiger partial charge is 0.317 e. The fourth-order valence-corrected chi connectivity index (χ4v) is 6.71. The van der Waals surface area contributed by atoms with Gasteiger partial charge in [-0.3, -0.25) is 4.79 Å². The molecule has 0 aliphatic carbocycles. The zero-order chi connectivity index (χ0) is 27.7. The lowest BCUT2D eigenvalue weighted by atomic mass is 9.83. The molecule has 1 aliphatic rings. The number of hydrogen-bond donors (Lipinski definition) is 0. The quantitative estimate of drug-likeness (QED) is 0.209. The summed E-state index contributed by atoms with van der Waals surface area (Å²) in [6.45, 7) is 4.63. The maximum atomic E-state index is 13.4. The van der Waals surface area contributed by atoms with Crippen molar-refractivity contribution < 1.29 is 4.79 Å². The predicted molar refractivity (Wildman–Crippen MR) is 168 cm³/mol. The number of aromatic nitrogens is 2. The third-order valence-corrected chi connectivity index (χ3v) is 8.71. The third kappa shape index (κ3) is 3.42. The molecule has 5 aromatic carbocycles. The first-order valence-electron chi connectivity index (χ1n) is 14.1. The van der Waals surface area contributed by atoms with E-state index in [2.05, 4.69) is 102 Å². The number of carbonyl (C=O) groups excluding carboxylic acids is 1. The van der Waals surface area contributed by atoms with Crippen LogP contribution in [0, 0.1) is 0 Å². The summed E-state index contributed by atoms with van der Waals surface area (Å²) in [6.07, 6.45) is 2.30. The van der Waals surface area contributed by atoms with E-state index in [0.29, 0.717) is 11.1 Å². The first kappa shape index (κ1) is 23.7. The van der Waals surface area contributed by atoms with Crippen molar-refractivity contribution in [2.45, 2.75) is 19.3 Å². The van der Waals surface area contributed by atoms with E-state index in [0.717, 1.165) is 16.8 Å². The van der Waals surface area contributed by atoms with Crippen LogP contribution in [0.5, 0.6) is 0 Å². The Morgan fingerprint density at radius 2 is 1.22 bits per heavy atom. The molecule has 41 heavy (non-hydrogen) atoms. The summed E-state index contributed by atoms with van der Waals surface area (Å²) in [5.74, 6) is 0.0278. The van der Waals surface area contributed by atoms with E-state index in [1.807, 2.05) is 54.6 Å². The van der Waals surface area contributed by atoms with Gasteiger partial charge in [-0.15, -0.1) is 0 Å². The van der Waals surface area contributed by atoms with Crippen molar-refractivity contribution in [3.63, 3.8) is 0 Å². The van der Waals surface area contributed by atoms with Crippen molar-refractivity contribution in [1.29, 1.82) is 0 Å². The lowest BCUT2D eigenvalue weighted by Gasteiger charge is -2.21. The molecule has 3 heterocycles. The summed E-state index contributed by atoms with van der Waals surface area (Å²) in [6, 6.07) is 43.5. The Labute approximate surface area is 238 Å². The van der Waals surface area contributed by atoms with Crippen molar-refractivity contribution in [3.8, 4) is 22.5 Å². The molecule has 8 rings (SSSR count). The number of hydrogen-bond acceptors (Lipinski definition) is 1. The normalized spacial score (nSPS) is 13.4. The first-order valence-corrected chi connectivity index (χ1v) is 14.1. The Kier molecular flexibility index (Phi) is 5.02. The Morgan fingerprint density at radius 3 is 1.98 bits per heavy atom.